The summed E-state index contributed by atoms with van der Waals surface area (Å²) in [7, 11) is 0. The quantitative estimate of drug-likeness (QED) is 0.0600. The maximum absolute atomic E-state index is 13.2. The van der Waals surface area contributed by atoms with Gasteiger partial charge in [-0.15, -0.1) is 0 Å². The Morgan fingerprint density at radius 3 is 1.97 bits per heavy atom. The van der Waals surface area contributed by atoms with Gasteiger partial charge in [0.25, 0.3) is 0 Å². The lowest BCUT2D eigenvalue weighted by atomic mass is 10.0. The number of nitrogens with one attached hydrogen (secondary N) is 3. The second kappa shape index (κ2) is 16.8. The molecule has 0 aliphatic carbocycles. The summed E-state index contributed by atoms with van der Waals surface area (Å²) < 4.78 is 0. The molecule has 1 rings (SSSR count). The van der Waals surface area contributed by atoms with Gasteiger partial charge in [0.05, 0.1) is 6.04 Å². The highest BCUT2D eigenvalue weighted by molar-refractivity contribution is 5.94. The van der Waals surface area contributed by atoms with Gasteiger partial charge in [-0.1, -0.05) is 12.1 Å². The number of phenols is 1. The van der Waals surface area contributed by atoms with E-state index in [1.165, 1.54) is 19.1 Å². The highest BCUT2D eigenvalue weighted by atomic mass is 16.4. The molecule has 1 aromatic rings. The van der Waals surface area contributed by atoms with E-state index in [0.717, 1.165) is 0 Å². The Labute approximate surface area is 221 Å². The first-order valence-electron chi connectivity index (χ1n) is 12.4. The predicted molar refractivity (Wildman–Crippen MR) is 142 cm³/mol. The molecule has 0 aliphatic heterocycles. The number of benzene rings is 1. The Bertz CT molecular complexity index is 950. The molecule has 0 aliphatic rings. The molecule has 0 bridgehead atoms. The van der Waals surface area contributed by atoms with E-state index in [-0.39, 0.29) is 43.9 Å². The van der Waals surface area contributed by atoms with Gasteiger partial charge in [0.15, 0.2) is 5.96 Å². The second-order valence-electron chi connectivity index (χ2n) is 8.91. The number of carbonyl (C=O) groups is 4. The SMILES string of the molecule is CC(N)C(=O)NC(CCCCN)C(=O)NC(Cc1ccc(O)cc1)C(=O)NC(CCCN=C(N)N)C(=O)O. The van der Waals surface area contributed by atoms with E-state index in [4.69, 9.17) is 22.9 Å². The van der Waals surface area contributed by atoms with Crippen LogP contribution in [0.5, 0.6) is 5.75 Å². The summed E-state index contributed by atoms with van der Waals surface area (Å²) in [6, 6.07) is 1.72. The van der Waals surface area contributed by atoms with Crippen LogP contribution in [0.25, 0.3) is 0 Å². The standard InChI is InChI=1S/C24H40N8O6/c1-14(26)20(34)30-17(5-2-3-11-25)21(35)32-19(13-15-7-9-16(33)10-8-15)22(36)31-18(23(37)38)6-4-12-29-24(27)28/h7-10,14,17-19,33H,2-6,11-13,25-26H2,1H3,(H,30,34)(H,31,36)(H,32,35)(H,37,38)(H4,27,28,29). The van der Waals surface area contributed by atoms with Crippen LogP contribution in [0.15, 0.2) is 29.3 Å². The van der Waals surface area contributed by atoms with Crippen LogP contribution in [0, 0.1) is 0 Å². The summed E-state index contributed by atoms with van der Waals surface area (Å²) in [5, 5.41) is 26.8. The number of aliphatic carboxylic acids is 1. The predicted octanol–water partition coefficient (Wildman–Crippen LogP) is -2.00. The van der Waals surface area contributed by atoms with Gasteiger partial charge in [0, 0.05) is 13.0 Å². The molecule has 4 atom stereocenters. The fourth-order valence-electron chi connectivity index (χ4n) is 3.45. The summed E-state index contributed by atoms with van der Waals surface area (Å²) >= 11 is 0. The van der Waals surface area contributed by atoms with Crippen molar-refractivity contribution in [3.8, 4) is 5.75 Å². The number of hydrogen-bond acceptors (Lipinski definition) is 8. The van der Waals surface area contributed by atoms with Crippen molar-refractivity contribution in [1.82, 2.24) is 16.0 Å². The highest BCUT2D eigenvalue weighted by Gasteiger charge is 2.30. The number of carboxylic acid groups (broad SMARTS) is 1. The van der Waals surface area contributed by atoms with Gasteiger partial charge in [-0.25, -0.2) is 4.79 Å². The van der Waals surface area contributed by atoms with Gasteiger partial charge in [0.2, 0.25) is 17.7 Å². The molecule has 0 heterocycles. The van der Waals surface area contributed by atoms with E-state index in [0.29, 0.717) is 24.9 Å². The van der Waals surface area contributed by atoms with Crippen LogP contribution in [0.2, 0.25) is 0 Å². The normalized spacial score (nSPS) is 13.9. The summed E-state index contributed by atoms with van der Waals surface area (Å²) in [6.07, 6.45) is 1.75. The van der Waals surface area contributed by atoms with Crippen molar-refractivity contribution in [2.24, 2.45) is 27.9 Å². The smallest absolute Gasteiger partial charge is 0.326 e. The minimum atomic E-state index is -1.26. The number of rotatable bonds is 17. The third-order valence-electron chi connectivity index (χ3n) is 5.56. The number of amides is 3. The zero-order valence-corrected chi connectivity index (χ0v) is 21.6. The van der Waals surface area contributed by atoms with Gasteiger partial charge in [-0.2, -0.15) is 0 Å². The van der Waals surface area contributed by atoms with Crippen molar-refractivity contribution < 1.29 is 29.4 Å². The molecule has 3 amide bonds. The molecule has 0 saturated carbocycles. The van der Waals surface area contributed by atoms with E-state index in [9.17, 15) is 29.4 Å². The first kappa shape index (κ1) is 32.1. The molecule has 1 aromatic carbocycles. The zero-order valence-electron chi connectivity index (χ0n) is 21.6. The average molecular weight is 537 g/mol. The molecule has 38 heavy (non-hydrogen) atoms. The number of aromatic hydroxyl groups is 1. The number of carboxylic acids is 1. The lowest BCUT2D eigenvalue weighted by Gasteiger charge is -2.25. The number of phenolic OH excluding ortho intramolecular Hbond substituents is 1. The van der Waals surface area contributed by atoms with Crippen LogP contribution in [0.1, 0.15) is 44.6 Å². The Morgan fingerprint density at radius 2 is 1.42 bits per heavy atom. The minimum Gasteiger partial charge on any atom is -0.508 e. The first-order valence-corrected chi connectivity index (χ1v) is 12.4. The van der Waals surface area contributed by atoms with Gasteiger partial charge >= 0.3 is 5.97 Å². The van der Waals surface area contributed by atoms with Crippen LogP contribution in [0.3, 0.4) is 0 Å². The molecule has 14 nitrogen and oxygen atoms in total. The van der Waals surface area contributed by atoms with Crippen LogP contribution < -0.4 is 38.9 Å². The lowest BCUT2D eigenvalue weighted by molar-refractivity contribution is -0.142. The minimum absolute atomic E-state index is 0.00501. The molecule has 212 valence electrons. The van der Waals surface area contributed by atoms with E-state index in [1.807, 2.05) is 0 Å². The maximum atomic E-state index is 13.2. The van der Waals surface area contributed by atoms with Crippen LogP contribution in [-0.4, -0.2) is 77.1 Å². The molecule has 0 spiro atoms. The topological polar surface area (TPSA) is 261 Å². The average Bonchev–Trinajstić information content (AvgIpc) is 2.85. The third-order valence-corrected chi connectivity index (χ3v) is 5.56. The number of guanidine groups is 1. The van der Waals surface area contributed by atoms with Gasteiger partial charge < -0.3 is 49.1 Å². The summed E-state index contributed by atoms with van der Waals surface area (Å²) in [5.41, 5.74) is 22.3. The molecule has 0 fully saturated rings. The van der Waals surface area contributed by atoms with Crippen molar-refractivity contribution in [3.05, 3.63) is 29.8 Å². The number of carbonyl (C=O) groups excluding carboxylic acids is 3. The van der Waals surface area contributed by atoms with Gasteiger partial charge in [0.1, 0.15) is 23.9 Å². The monoisotopic (exact) mass is 536 g/mol. The molecule has 0 aromatic heterocycles. The molecule has 0 saturated heterocycles. The summed E-state index contributed by atoms with van der Waals surface area (Å²) in [5.74, 6) is -3.28. The Hall–Kier alpha value is -3.91. The van der Waals surface area contributed by atoms with Crippen LogP contribution in [0.4, 0.5) is 0 Å². The molecule has 0 radical (unpaired) electrons. The van der Waals surface area contributed by atoms with E-state index in [2.05, 4.69) is 20.9 Å². The van der Waals surface area contributed by atoms with E-state index >= 15 is 0 Å². The van der Waals surface area contributed by atoms with Crippen molar-refractivity contribution in [2.75, 3.05) is 13.1 Å². The Kier molecular flexibility index (Phi) is 14.2. The third kappa shape index (κ3) is 12.4. The molecule has 13 N–H and O–H groups in total. The van der Waals surface area contributed by atoms with Crippen molar-refractivity contribution in [3.63, 3.8) is 0 Å². The molecule has 4 unspecified atom stereocenters. The number of aliphatic imine (C=N–C) groups is 1. The highest BCUT2D eigenvalue weighted by Crippen LogP contribution is 2.12. The largest absolute Gasteiger partial charge is 0.508 e. The molecular weight excluding hydrogens is 496 g/mol. The number of nitrogens with zero attached hydrogens (tertiary/aromatic N) is 1. The Morgan fingerprint density at radius 1 is 0.868 bits per heavy atom. The fraction of sp³-hybridized carbons (Fsp3) is 0.542. The second-order valence-corrected chi connectivity index (χ2v) is 8.91. The lowest BCUT2D eigenvalue weighted by Crippen LogP contribution is -2.57. The van der Waals surface area contributed by atoms with Gasteiger partial charge in [-0.05, 0) is 63.3 Å². The van der Waals surface area contributed by atoms with E-state index in [1.54, 1.807) is 12.1 Å². The van der Waals surface area contributed by atoms with Crippen molar-refractivity contribution in [1.29, 1.82) is 0 Å². The zero-order chi connectivity index (χ0) is 28.7. The van der Waals surface area contributed by atoms with Crippen LogP contribution >= 0.6 is 0 Å². The van der Waals surface area contributed by atoms with Crippen molar-refractivity contribution >= 4 is 29.7 Å². The maximum Gasteiger partial charge on any atom is 0.326 e. The summed E-state index contributed by atoms with van der Waals surface area (Å²) in [4.78, 5) is 54.1. The van der Waals surface area contributed by atoms with Crippen LogP contribution in [-0.2, 0) is 25.6 Å². The summed E-state index contributed by atoms with van der Waals surface area (Å²) in [6.45, 7) is 2.06. The number of nitrogens with two attached hydrogens (primary N) is 4. The van der Waals surface area contributed by atoms with Gasteiger partial charge in [-0.3, -0.25) is 19.4 Å². The van der Waals surface area contributed by atoms with E-state index < -0.39 is 47.9 Å². The molecular formula is C24H40N8O6. The van der Waals surface area contributed by atoms with Crippen molar-refractivity contribution in [2.45, 2.75) is 69.6 Å². The first-order chi connectivity index (χ1) is 17.9. The number of hydrogen-bond donors (Lipinski definition) is 9. The molecule has 14 heteroatoms. The Balaban J connectivity index is 3.10. The number of unbranched alkanes of at least 4 members (excludes halogenated alkanes) is 1. The fourth-order valence-corrected chi connectivity index (χ4v) is 3.45.